The van der Waals surface area contributed by atoms with E-state index >= 15 is 0 Å². The third-order valence-electron chi connectivity index (χ3n) is 3.59. The Hall–Kier alpha value is -1.41. The first-order chi connectivity index (χ1) is 8.43. The van der Waals surface area contributed by atoms with E-state index in [0.29, 0.717) is 6.04 Å². The van der Waals surface area contributed by atoms with Gasteiger partial charge in [-0.25, -0.2) is 0 Å². The number of pyridine rings is 1. The monoisotopic (exact) mass is 226 g/mol. The fourth-order valence-corrected chi connectivity index (χ4v) is 2.62. The minimum Gasteiger partial charge on any atom is -0.310 e. The smallest absolute Gasteiger partial charge is 0.0702 e. The van der Waals surface area contributed by atoms with Crippen LogP contribution in [-0.2, 0) is 0 Å². The summed E-state index contributed by atoms with van der Waals surface area (Å²) in [6.45, 7) is 1.15. The van der Waals surface area contributed by atoms with Gasteiger partial charge in [0, 0.05) is 17.6 Å². The molecule has 1 aliphatic rings. The molecule has 1 saturated heterocycles. The molecule has 1 aliphatic heterocycles. The molecule has 2 aromatic rings. The molecule has 0 radical (unpaired) electrons. The average molecular weight is 226 g/mol. The Morgan fingerprint density at radius 3 is 3.12 bits per heavy atom. The number of hydrogen-bond donors (Lipinski definition) is 1. The summed E-state index contributed by atoms with van der Waals surface area (Å²) in [5.74, 6) is 0. The highest BCUT2D eigenvalue weighted by atomic mass is 14.9. The molecule has 0 bridgehead atoms. The van der Waals surface area contributed by atoms with Crippen molar-refractivity contribution in [3.05, 3.63) is 42.1 Å². The van der Waals surface area contributed by atoms with E-state index in [1.165, 1.54) is 36.6 Å². The second-order valence-corrected chi connectivity index (χ2v) is 4.81. The Morgan fingerprint density at radius 2 is 2.12 bits per heavy atom. The first-order valence-corrected chi connectivity index (χ1v) is 6.51. The minimum atomic E-state index is 0.530. The molecule has 1 atom stereocenters. The molecule has 1 aromatic carbocycles. The Morgan fingerprint density at radius 1 is 1.12 bits per heavy atom. The number of aromatic nitrogens is 1. The molecule has 17 heavy (non-hydrogen) atoms. The molecule has 2 heterocycles. The quantitative estimate of drug-likeness (QED) is 0.805. The third-order valence-corrected chi connectivity index (χ3v) is 3.59. The van der Waals surface area contributed by atoms with Crippen molar-refractivity contribution in [1.29, 1.82) is 0 Å². The maximum Gasteiger partial charge on any atom is 0.0702 e. The molecule has 88 valence electrons. The fourth-order valence-electron chi connectivity index (χ4n) is 2.62. The Kier molecular flexibility index (Phi) is 3.06. The fraction of sp³-hybridized carbons (Fsp3) is 0.400. The summed E-state index contributed by atoms with van der Waals surface area (Å²) in [6, 6.07) is 11.3. The van der Waals surface area contributed by atoms with Gasteiger partial charge in [0.05, 0.1) is 5.52 Å². The number of hydrogen-bond acceptors (Lipinski definition) is 2. The summed E-state index contributed by atoms with van der Waals surface area (Å²) in [7, 11) is 0. The molecule has 0 unspecified atom stereocenters. The molecule has 1 fully saturated rings. The molecule has 0 spiro atoms. The van der Waals surface area contributed by atoms with E-state index in [1.54, 1.807) is 0 Å². The highest BCUT2D eigenvalue weighted by molar-refractivity contribution is 5.79. The van der Waals surface area contributed by atoms with Crippen LogP contribution in [0.4, 0.5) is 0 Å². The first-order valence-electron chi connectivity index (χ1n) is 6.51. The molecule has 0 saturated carbocycles. The van der Waals surface area contributed by atoms with E-state index in [1.807, 2.05) is 12.3 Å². The van der Waals surface area contributed by atoms with Crippen LogP contribution in [0.5, 0.6) is 0 Å². The summed E-state index contributed by atoms with van der Waals surface area (Å²) >= 11 is 0. The molecule has 0 amide bonds. The van der Waals surface area contributed by atoms with Gasteiger partial charge in [-0.1, -0.05) is 25.0 Å². The van der Waals surface area contributed by atoms with E-state index in [9.17, 15) is 0 Å². The van der Waals surface area contributed by atoms with Crippen molar-refractivity contribution in [2.24, 2.45) is 0 Å². The van der Waals surface area contributed by atoms with Gasteiger partial charge in [-0.2, -0.15) is 0 Å². The van der Waals surface area contributed by atoms with Gasteiger partial charge in [-0.3, -0.25) is 4.98 Å². The lowest BCUT2D eigenvalue weighted by Gasteiger charge is -2.16. The van der Waals surface area contributed by atoms with Crippen LogP contribution in [0.15, 0.2) is 36.5 Å². The van der Waals surface area contributed by atoms with Gasteiger partial charge >= 0.3 is 0 Å². The van der Waals surface area contributed by atoms with E-state index < -0.39 is 0 Å². The van der Waals surface area contributed by atoms with Crippen LogP contribution in [0.3, 0.4) is 0 Å². The SMILES string of the molecule is c1cnc2ccc([C@H]3CCCCCN3)cc2c1. The standard InChI is InChI=1S/C15H18N2/c1-2-6-14(16-9-3-1)13-7-8-15-12(11-13)5-4-10-17-15/h4-5,7-8,10-11,14,16H,1-3,6,9H2/t14-/m1/s1. The number of benzene rings is 1. The first kappa shape index (κ1) is 10.7. The van der Waals surface area contributed by atoms with Crippen LogP contribution in [0, 0.1) is 0 Å². The van der Waals surface area contributed by atoms with Crippen LogP contribution in [0.2, 0.25) is 0 Å². The predicted octanol–water partition coefficient (Wildman–Crippen LogP) is 3.44. The van der Waals surface area contributed by atoms with Gasteiger partial charge in [0.1, 0.15) is 0 Å². The Bertz CT molecular complexity index is 499. The largest absolute Gasteiger partial charge is 0.310 e. The summed E-state index contributed by atoms with van der Waals surface area (Å²) in [5.41, 5.74) is 2.50. The molecule has 3 rings (SSSR count). The molecular weight excluding hydrogens is 208 g/mol. The molecule has 2 nitrogen and oxygen atoms in total. The van der Waals surface area contributed by atoms with E-state index in [0.717, 1.165) is 12.1 Å². The van der Waals surface area contributed by atoms with Crippen LogP contribution in [0.25, 0.3) is 10.9 Å². The van der Waals surface area contributed by atoms with Crippen molar-refractivity contribution in [2.75, 3.05) is 6.54 Å². The maximum absolute atomic E-state index is 4.37. The second-order valence-electron chi connectivity index (χ2n) is 4.81. The van der Waals surface area contributed by atoms with Crippen molar-refractivity contribution < 1.29 is 0 Å². The topological polar surface area (TPSA) is 24.9 Å². The van der Waals surface area contributed by atoms with Crippen molar-refractivity contribution >= 4 is 10.9 Å². The zero-order valence-electron chi connectivity index (χ0n) is 10.0. The van der Waals surface area contributed by atoms with Gasteiger partial charge in [-0.15, -0.1) is 0 Å². The lowest BCUT2D eigenvalue weighted by Crippen LogP contribution is -2.20. The van der Waals surface area contributed by atoms with Crippen molar-refractivity contribution in [3.8, 4) is 0 Å². The predicted molar refractivity (Wildman–Crippen MR) is 71.0 cm³/mol. The molecule has 1 aromatic heterocycles. The maximum atomic E-state index is 4.37. The highest BCUT2D eigenvalue weighted by Gasteiger charge is 2.13. The summed E-state index contributed by atoms with van der Waals surface area (Å²) in [5, 5.41) is 4.89. The molecular formula is C15H18N2. The third kappa shape index (κ3) is 2.32. The Balaban J connectivity index is 1.93. The Labute approximate surface area is 102 Å². The molecule has 1 N–H and O–H groups in total. The minimum absolute atomic E-state index is 0.530. The lowest BCUT2D eigenvalue weighted by molar-refractivity contribution is 0.535. The number of nitrogens with one attached hydrogen (secondary N) is 1. The van der Waals surface area contributed by atoms with Gasteiger partial charge in [0.2, 0.25) is 0 Å². The van der Waals surface area contributed by atoms with Crippen molar-refractivity contribution in [1.82, 2.24) is 10.3 Å². The molecule has 2 heteroatoms. The van der Waals surface area contributed by atoms with E-state index in [2.05, 4.69) is 34.6 Å². The number of fused-ring (bicyclic) bond motifs is 1. The van der Waals surface area contributed by atoms with Gasteiger partial charge in [0.25, 0.3) is 0 Å². The number of rotatable bonds is 1. The average Bonchev–Trinajstić information content (AvgIpc) is 2.67. The van der Waals surface area contributed by atoms with Gasteiger partial charge in [0.15, 0.2) is 0 Å². The number of nitrogens with zero attached hydrogens (tertiary/aromatic N) is 1. The summed E-state index contributed by atoms with van der Waals surface area (Å²) in [6.07, 6.45) is 7.12. The highest BCUT2D eigenvalue weighted by Crippen LogP contribution is 2.25. The lowest BCUT2D eigenvalue weighted by atomic mass is 10.0. The van der Waals surface area contributed by atoms with E-state index in [4.69, 9.17) is 0 Å². The normalized spacial score (nSPS) is 21.3. The van der Waals surface area contributed by atoms with Crippen LogP contribution >= 0.6 is 0 Å². The van der Waals surface area contributed by atoms with Gasteiger partial charge < -0.3 is 5.32 Å². The summed E-state index contributed by atoms with van der Waals surface area (Å²) in [4.78, 5) is 4.37. The van der Waals surface area contributed by atoms with Crippen LogP contribution in [-0.4, -0.2) is 11.5 Å². The molecule has 0 aliphatic carbocycles. The van der Waals surface area contributed by atoms with Gasteiger partial charge in [-0.05, 0) is 43.1 Å². The second kappa shape index (κ2) is 4.84. The van der Waals surface area contributed by atoms with Crippen molar-refractivity contribution in [2.45, 2.75) is 31.7 Å². The summed E-state index contributed by atoms with van der Waals surface area (Å²) < 4.78 is 0. The zero-order chi connectivity index (χ0) is 11.5. The van der Waals surface area contributed by atoms with Crippen LogP contribution < -0.4 is 5.32 Å². The van der Waals surface area contributed by atoms with Crippen molar-refractivity contribution in [3.63, 3.8) is 0 Å². The van der Waals surface area contributed by atoms with E-state index in [-0.39, 0.29) is 0 Å². The zero-order valence-corrected chi connectivity index (χ0v) is 10.0. The van der Waals surface area contributed by atoms with Crippen LogP contribution in [0.1, 0.15) is 37.3 Å².